The van der Waals surface area contributed by atoms with Crippen molar-refractivity contribution in [3.05, 3.63) is 39.9 Å². The Morgan fingerprint density at radius 1 is 1.25 bits per heavy atom. The van der Waals surface area contributed by atoms with Gasteiger partial charge in [0, 0.05) is 11.4 Å². The highest BCUT2D eigenvalue weighted by Crippen LogP contribution is 2.30. The van der Waals surface area contributed by atoms with Crippen molar-refractivity contribution in [1.29, 1.82) is 0 Å². The fraction of sp³-hybridized carbons (Fsp3) is 0.550. The number of halogens is 1. The summed E-state index contributed by atoms with van der Waals surface area (Å²) in [5.41, 5.74) is 3.87. The second kappa shape index (κ2) is 9.12. The first-order valence-electron chi connectivity index (χ1n) is 8.78. The predicted octanol–water partition coefficient (Wildman–Crippen LogP) is 5.65. The van der Waals surface area contributed by atoms with Crippen LogP contribution in [0.5, 0.6) is 5.75 Å². The lowest BCUT2D eigenvalue weighted by Gasteiger charge is -2.22. The fourth-order valence-corrected chi connectivity index (χ4v) is 3.44. The van der Waals surface area contributed by atoms with Gasteiger partial charge < -0.3 is 9.84 Å². The molecule has 1 N–H and O–H groups in total. The SMILES string of the molecule is CC(C)CC1=C(COc2ccc(CCC(=O)O)c(Cl)c2)CCCC1. The zero-order chi connectivity index (χ0) is 17.5. The molecule has 0 radical (unpaired) electrons. The number of carboxylic acids is 1. The quantitative estimate of drug-likeness (QED) is 0.616. The summed E-state index contributed by atoms with van der Waals surface area (Å²) in [5, 5.41) is 9.34. The molecular weight excluding hydrogens is 324 g/mol. The maximum atomic E-state index is 10.7. The molecule has 132 valence electrons. The number of carboxylic acid groups (broad SMARTS) is 1. The Morgan fingerprint density at radius 3 is 2.58 bits per heavy atom. The van der Waals surface area contributed by atoms with Crippen LogP contribution in [0.3, 0.4) is 0 Å². The molecule has 1 aromatic rings. The Kier molecular flexibility index (Phi) is 7.16. The molecule has 0 heterocycles. The van der Waals surface area contributed by atoms with Crippen LogP contribution in [0.1, 0.15) is 57.9 Å². The van der Waals surface area contributed by atoms with Crippen molar-refractivity contribution in [3.8, 4) is 5.75 Å². The summed E-state index contributed by atoms with van der Waals surface area (Å²) in [7, 11) is 0. The zero-order valence-electron chi connectivity index (χ0n) is 14.6. The van der Waals surface area contributed by atoms with Crippen LogP contribution in [0.4, 0.5) is 0 Å². The van der Waals surface area contributed by atoms with E-state index < -0.39 is 5.97 Å². The molecule has 0 spiro atoms. The maximum absolute atomic E-state index is 10.7. The van der Waals surface area contributed by atoms with Gasteiger partial charge in [-0.1, -0.05) is 37.1 Å². The smallest absolute Gasteiger partial charge is 0.303 e. The summed E-state index contributed by atoms with van der Waals surface area (Å²) in [5.74, 6) is 0.616. The summed E-state index contributed by atoms with van der Waals surface area (Å²) in [6.07, 6.45) is 6.56. The molecule has 0 saturated heterocycles. The van der Waals surface area contributed by atoms with Crippen LogP contribution < -0.4 is 4.74 Å². The van der Waals surface area contributed by atoms with Crippen LogP contribution in [0.2, 0.25) is 5.02 Å². The second-order valence-corrected chi connectivity index (χ2v) is 7.36. The average molecular weight is 351 g/mol. The van der Waals surface area contributed by atoms with Gasteiger partial charge in [0.1, 0.15) is 12.4 Å². The van der Waals surface area contributed by atoms with Gasteiger partial charge in [-0.2, -0.15) is 0 Å². The van der Waals surface area contributed by atoms with E-state index in [1.165, 1.54) is 24.8 Å². The van der Waals surface area contributed by atoms with Crippen molar-refractivity contribution in [1.82, 2.24) is 0 Å². The van der Waals surface area contributed by atoms with Gasteiger partial charge in [-0.25, -0.2) is 0 Å². The van der Waals surface area contributed by atoms with Gasteiger partial charge in [0.05, 0.1) is 0 Å². The molecule has 0 fully saturated rings. The number of rotatable bonds is 8. The number of hydrogen-bond acceptors (Lipinski definition) is 2. The van der Waals surface area contributed by atoms with Gasteiger partial charge in [0.2, 0.25) is 0 Å². The Morgan fingerprint density at radius 2 is 1.96 bits per heavy atom. The molecular formula is C20H27ClO3. The molecule has 1 aromatic carbocycles. The third-order valence-electron chi connectivity index (χ3n) is 4.41. The van der Waals surface area contributed by atoms with Crippen molar-refractivity contribution in [2.75, 3.05) is 6.61 Å². The molecule has 3 nitrogen and oxygen atoms in total. The highest BCUT2D eigenvalue weighted by atomic mass is 35.5. The number of ether oxygens (including phenoxy) is 1. The summed E-state index contributed by atoms with van der Waals surface area (Å²) in [4.78, 5) is 10.7. The van der Waals surface area contributed by atoms with Crippen LogP contribution in [0.25, 0.3) is 0 Å². The van der Waals surface area contributed by atoms with E-state index in [0.29, 0.717) is 24.0 Å². The molecule has 4 heteroatoms. The summed E-state index contributed by atoms with van der Waals surface area (Å²) < 4.78 is 5.96. The third-order valence-corrected chi connectivity index (χ3v) is 4.76. The first-order valence-corrected chi connectivity index (χ1v) is 9.16. The highest BCUT2D eigenvalue weighted by Gasteiger charge is 2.14. The summed E-state index contributed by atoms with van der Waals surface area (Å²) in [6.45, 7) is 5.15. The first-order chi connectivity index (χ1) is 11.5. The third kappa shape index (κ3) is 5.86. The first kappa shape index (κ1) is 18.9. The minimum Gasteiger partial charge on any atom is -0.489 e. The van der Waals surface area contributed by atoms with E-state index in [1.807, 2.05) is 12.1 Å². The maximum Gasteiger partial charge on any atom is 0.303 e. The lowest BCUT2D eigenvalue weighted by Crippen LogP contribution is -2.10. The van der Waals surface area contributed by atoms with E-state index in [4.69, 9.17) is 21.4 Å². The normalized spacial score (nSPS) is 15.0. The molecule has 0 aliphatic heterocycles. The van der Waals surface area contributed by atoms with Gasteiger partial charge in [-0.05, 0) is 67.7 Å². The molecule has 2 rings (SSSR count). The van der Waals surface area contributed by atoms with Crippen LogP contribution in [0.15, 0.2) is 29.3 Å². The Labute approximate surface area is 149 Å². The van der Waals surface area contributed by atoms with Crippen LogP contribution in [0, 0.1) is 5.92 Å². The number of aryl methyl sites for hydroxylation is 1. The highest BCUT2D eigenvalue weighted by molar-refractivity contribution is 6.31. The molecule has 1 aliphatic carbocycles. The zero-order valence-corrected chi connectivity index (χ0v) is 15.4. The van der Waals surface area contributed by atoms with Crippen molar-refractivity contribution in [2.45, 2.75) is 58.8 Å². The van der Waals surface area contributed by atoms with Crippen molar-refractivity contribution in [3.63, 3.8) is 0 Å². The average Bonchev–Trinajstić information content (AvgIpc) is 2.52. The number of carbonyl (C=O) groups is 1. The number of allylic oxidation sites excluding steroid dienone is 1. The van der Waals surface area contributed by atoms with Gasteiger partial charge in [-0.15, -0.1) is 0 Å². The lowest BCUT2D eigenvalue weighted by atomic mass is 9.87. The number of aliphatic carboxylic acids is 1. The Hall–Kier alpha value is -1.48. The molecule has 0 amide bonds. The topological polar surface area (TPSA) is 46.5 Å². The molecule has 24 heavy (non-hydrogen) atoms. The predicted molar refractivity (Wildman–Crippen MR) is 97.9 cm³/mol. The van der Waals surface area contributed by atoms with Crippen LogP contribution in [-0.4, -0.2) is 17.7 Å². The van der Waals surface area contributed by atoms with Gasteiger partial charge in [-0.3, -0.25) is 4.79 Å². The number of hydrogen-bond donors (Lipinski definition) is 1. The van der Waals surface area contributed by atoms with E-state index in [9.17, 15) is 4.79 Å². The molecule has 0 atom stereocenters. The standard InChI is InChI=1S/C20H27ClO3/c1-14(2)11-16-5-3-4-6-17(16)13-24-18-9-7-15(19(21)12-18)8-10-20(22)23/h7,9,12,14H,3-6,8,10-11,13H2,1-2H3,(H,22,23). The minimum atomic E-state index is -0.812. The van der Waals surface area contributed by atoms with Gasteiger partial charge in [0.25, 0.3) is 0 Å². The van der Waals surface area contributed by atoms with Crippen LogP contribution >= 0.6 is 11.6 Å². The fourth-order valence-electron chi connectivity index (χ4n) is 3.18. The molecule has 0 unspecified atom stereocenters. The van der Waals surface area contributed by atoms with Crippen LogP contribution in [-0.2, 0) is 11.2 Å². The van der Waals surface area contributed by atoms with E-state index in [0.717, 1.165) is 24.2 Å². The van der Waals surface area contributed by atoms with Crippen molar-refractivity contribution >= 4 is 17.6 Å². The number of benzene rings is 1. The largest absolute Gasteiger partial charge is 0.489 e. The second-order valence-electron chi connectivity index (χ2n) is 6.95. The van der Waals surface area contributed by atoms with Crippen molar-refractivity contribution in [2.24, 2.45) is 5.92 Å². The van der Waals surface area contributed by atoms with Crippen molar-refractivity contribution < 1.29 is 14.6 Å². The minimum absolute atomic E-state index is 0.0887. The van der Waals surface area contributed by atoms with E-state index in [-0.39, 0.29) is 6.42 Å². The monoisotopic (exact) mass is 350 g/mol. The molecule has 0 aromatic heterocycles. The summed E-state index contributed by atoms with van der Waals surface area (Å²) >= 11 is 6.25. The Balaban J connectivity index is 1.99. The van der Waals surface area contributed by atoms with Gasteiger partial charge >= 0.3 is 5.97 Å². The molecule has 1 aliphatic rings. The summed E-state index contributed by atoms with van der Waals surface area (Å²) in [6, 6.07) is 5.55. The molecule has 0 saturated carbocycles. The van der Waals surface area contributed by atoms with E-state index >= 15 is 0 Å². The van der Waals surface area contributed by atoms with E-state index in [2.05, 4.69) is 13.8 Å². The van der Waals surface area contributed by atoms with Gasteiger partial charge in [0.15, 0.2) is 0 Å². The Bertz CT molecular complexity index is 605. The van der Waals surface area contributed by atoms with E-state index in [1.54, 1.807) is 11.6 Å². The lowest BCUT2D eigenvalue weighted by molar-refractivity contribution is -0.136. The molecule has 0 bridgehead atoms.